The molecule has 1 atom stereocenters. The fourth-order valence-corrected chi connectivity index (χ4v) is 2.58. The zero-order valence-electron chi connectivity index (χ0n) is 10.2. The van der Waals surface area contributed by atoms with E-state index in [0.717, 1.165) is 17.9 Å². The molecule has 16 heavy (non-hydrogen) atoms. The lowest BCUT2D eigenvalue weighted by atomic mass is 10.1. The number of hydrogen-bond donors (Lipinski definition) is 1. The number of aryl methyl sites for hydroxylation is 1. The number of nitrogens with zero attached hydrogens (tertiary/aromatic N) is 2. The second kappa shape index (κ2) is 4.83. The van der Waals surface area contributed by atoms with Crippen LogP contribution in [0.4, 0.5) is 5.82 Å². The highest BCUT2D eigenvalue weighted by Crippen LogP contribution is 2.28. The molecule has 3 nitrogen and oxygen atoms in total. The molecule has 0 spiro atoms. The number of nitrogens with two attached hydrogens (primary N) is 1. The van der Waals surface area contributed by atoms with Gasteiger partial charge in [-0.1, -0.05) is 6.92 Å². The Balaban J connectivity index is 2.26. The van der Waals surface area contributed by atoms with Gasteiger partial charge in [0.25, 0.3) is 0 Å². The summed E-state index contributed by atoms with van der Waals surface area (Å²) in [5.41, 5.74) is 7.99. The Hall–Kier alpha value is -1.09. The molecular weight excluding hydrogens is 198 g/mol. The predicted octanol–water partition coefficient (Wildman–Crippen LogP) is 2.23. The van der Waals surface area contributed by atoms with Crippen molar-refractivity contribution < 1.29 is 0 Å². The quantitative estimate of drug-likeness (QED) is 0.847. The maximum atomic E-state index is 5.62. The van der Waals surface area contributed by atoms with Gasteiger partial charge in [-0.3, -0.25) is 0 Å². The van der Waals surface area contributed by atoms with Gasteiger partial charge in [0, 0.05) is 25.3 Å². The topological polar surface area (TPSA) is 42.2 Å². The molecule has 0 saturated carbocycles. The number of anilines is 1. The smallest absolute Gasteiger partial charge is 0.131 e. The van der Waals surface area contributed by atoms with Crippen molar-refractivity contribution in [1.29, 1.82) is 0 Å². The molecule has 0 aromatic carbocycles. The van der Waals surface area contributed by atoms with Crippen LogP contribution in [0.1, 0.15) is 37.3 Å². The Kier molecular flexibility index (Phi) is 3.44. The summed E-state index contributed by atoms with van der Waals surface area (Å²) < 4.78 is 0. The normalized spacial score (nSPS) is 20.4. The Bertz CT molecular complexity index is 362. The van der Waals surface area contributed by atoms with Crippen molar-refractivity contribution in [3.8, 4) is 0 Å². The molecule has 1 aliphatic heterocycles. The summed E-state index contributed by atoms with van der Waals surface area (Å²) in [5.74, 6) is 1.15. The standard InChI is InChI=1S/C13H21N3/c1-3-12-5-4-6-16(12)13-10(2)7-11(8-14)9-15-13/h7,9,12H,3-6,8,14H2,1-2H3. The van der Waals surface area contributed by atoms with E-state index < -0.39 is 0 Å². The van der Waals surface area contributed by atoms with Gasteiger partial charge in [-0.2, -0.15) is 0 Å². The molecule has 3 heteroatoms. The molecular formula is C13H21N3. The first-order chi connectivity index (χ1) is 7.76. The number of aromatic nitrogens is 1. The summed E-state index contributed by atoms with van der Waals surface area (Å²) in [6, 6.07) is 2.84. The largest absolute Gasteiger partial charge is 0.353 e. The van der Waals surface area contributed by atoms with E-state index in [1.165, 1.54) is 24.8 Å². The van der Waals surface area contributed by atoms with Crippen molar-refractivity contribution in [3.05, 3.63) is 23.4 Å². The Morgan fingerprint density at radius 2 is 2.38 bits per heavy atom. The first kappa shape index (κ1) is 11.4. The van der Waals surface area contributed by atoms with Crippen molar-refractivity contribution in [1.82, 2.24) is 4.98 Å². The average molecular weight is 219 g/mol. The minimum absolute atomic E-state index is 0.575. The molecule has 0 bridgehead atoms. The van der Waals surface area contributed by atoms with Crippen LogP contribution in [-0.2, 0) is 6.54 Å². The summed E-state index contributed by atoms with van der Waals surface area (Å²) in [6.07, 6.45) is 5.71. The minimum Gasteiger partial charge on any atom is -0.353 e. The van der Waals surface area contributed by atoms with Gasteiger partial charge in [0.15, 0.2) is 0 Å². The molecule has 2 heterocycles. The average Bonchev–Trinajstić information content (AvgIpc) is 2.76. The van der Waals surface area contributed by atoms with Crippen molar-refractivity contribution in [3.63, 3.8) is 0 Å². The van der Waals surface area contributed by atoms with E-state index in [2.05, 4.69) is 29.8 Å². The Morgan fingerprint density at radius 1 is 1.56 bits per heavy atom. The van der Waals surface area contributed by atoms with Gasteiger partial charge in [-0.05, 0) is 43.4 Å². The molecule has 1 saturated heterocycles. The Labute approximate surface area is 97.7 Å². The monoisotopic (exact) mass is 219 g/mol. The zero-order valence-corrected chi connectivity index (χ0v) is 10.2. The zero-order chi connectivity index (χ0) is 11.5. The molecule has 0 amide bonds. The van der Waals surface area contributed by atoms with Crippen LogP contribution in [0.2, 0.25) is 0 Å². The highest BCUT2D eigenvalue weighted by Gasteiger charge is 2.24. The lowest BCUT2D eigenvalue weighted by Gasteiger charge is -2.26. The highest BCUT2D eigenvalue weighted by molar-refractivity contribution is 5.49. The first-order valence-electron chi connectivity index (χ1n) is 6.18. The van der Waals surface area contributed by atoms with Crippen molar-refractivity contribution in [2.45, 2.75) is 45.7 Å². The first-order valence-corrected chi connectivity index (χ1v) is 6.18. The van der Waals surface area contributed by atoms with E-state index in [1.807, 2.05) is 6.20 Å². The number of hydrogen-bond acceptors (Lipinski definition) is 3. The van der Waals surface area contributed by atoms with Gasteiger partial charge < -0.3 is 10.6 Å². The predicted molar refractivity (Wildman–Crippen MR) is 67.5 cm³/mol. The van der Waals surface area contributed by atoms with Gasteiger partial charge in [0.05, 0.1) is 0 Å². The fraction of sp³-hybridized carbons (Fsp3) is 0.615. The fourth-order valence-electron chi connectivity index (χ4n) is 2.58. The van der Waals surface area contributed by atoms with E-state index in [4.69, 9.17) is 5.73 Å². The van der Waals surface area contributed by atoms with Crippen LogP contribution in [-0.4, -0.2) is 17.6 Å². The highest BCUT2D eigenvalue weighted by atomic mass is 15.2. The summed E-state index contributed by atoms with van der Waals surface area (Å²) in [4.78, 5) is 7.03. The van der Waals surface area contributed by atoms with Gasteiger partial charge in [0.1, 0.15) is 5.82 Å². The maximum absolute atomic E-state index is 5.62. The molecule has 1 aromatic rings. The minimum atomic E-state index is 0.575. The summed E-state index contributed by atoms with van der Waals surface area (Å²) >= 11 is 0. The van der Waals surface area contributed by atoms with E-state index >= 15 is 0 Å². The molecule has 0 radical (unpaired) electrons. The van der Waals surface area contributed by atoms with E-state index in [1.54, 1.807) is 0 Å². The van der Waals surface area contributed by atoms with Crippen LogP contribution in [0.3, 0.4) is 0 Å². The number of pyridine rings is 1. The molecule has 88 valence electrons. The van der Waals surface area contributed by atoms with Crippen LogP contribution in [0.15, 0.2) is 12.3 Å². The van der Waals surface area contributed by atoms with Crippen LogP contribution < -0.4 is 10.6 Å². The second-order valence-corrected chi connectivity index (χ2v) is 4.59. The molecule has 2 rings (SSSR count). The maximum Gasteiger partial charge on any atom is 0.131 e. The van der Waals surface area contributed by atoms with Gasteiger partial charge in [-0.25, -0.2) is 4.98 Å². The van der Waals surface area contributed by atoms with Gasteiger partial charge in [0.2, 0.25) is 0 Å². The molecule has 1 aromatic heterocycles. The van der Waals surface area contributed by atoms with Crippen molar-refractivity contribution in [2.75, 3.05) is 11.4 Å². The molecule has 2 N–H and O–H groups in total. The molecule has 1 aliphatic rings. The third-order valence-electron chi connectivity index (χ3n) is 3.46. The van der Waals surface area contributed by atoms with E-state index in [-0.39, 0.29) is 0 Å². The van der Waals surface area contributed by atoms with Crippen LogP contribution >= 0.6 is 0 Å². The third kappa shape index (κ3) is 2.05. The van der Waals surface area contributed by atoms with E-state index in [0.29, 0.717) is 12.6 Å². The summed E-state index contributed by atoms with van der Waals surface area (Å²) in [5, 5.41) is 0. The Morgan fingerprint density at radius 3 is 3.00 bits per heavy atom. The molecule has 1 fully saturated rings. The van der Waals surface area contributed by atoms with Gasteiger partial charge in [-0.15, -0.1) is 0 Å². The third-order valence-corrected chi connectivity index (χ3v) is 3.46. The van der Waals surface area contributed by atoms with Crippen LogP contribution in [0, 0.1) is 6.92 Å². The second-order valence-electron chi connectivity index (χ2n) is 4.59. The van der Waals surface area contributed by atoms with Crippen molar-refractivity contribution in [2.24, 2.45) is 5.73 Å². The van der Waals surface area contributed by atoms with Crippen molar-refractivity contribution >= 4 is 5.82 Å². The number of rotatable bonds is 3. The molecule has 1 unspecified atom stereocenters. The lowest BCUT2D eigenvalue weighted by molar-refractivity contribution is 0.639. The SMILES string of the molecule is CCC1CCCN1c1ncc(CN)cc1C. The van der Waals surface area contributed by atoms with Crippen LogP contribution in [0.5, 0.6) is 0 Å². The van der Waals surface area contributed by atoms with Gasteiger partial charge >= 0.3 is 0 Å². The molecule has 0 aliphatic carbocycles. The van der Waals surface area contributed by atoms with Crippen LogP contribution in [0.25, 0.3) is 0 Å². The lowest BCUT2D eigenvalue weighted by Crippen LogP contribution is -2.30. The summed E-state index contributed by atoms with van der Waals surface area (Å²) in [7, 11) is 0. The van der Waals surface area contributed by atoms with E-state index in [9.17, 15) is 0 Å². The summed E-state index contributed by atoms with van der Waals surface area (Å²) in [6.45, 7) is 6.11.